The van der Waals surface area contributed by atoms with E-state index in [-0.39, 0.29) is 13.2 Å². The molecule has 0 aliphatic carbocycles. The summed E-state index contributed by atoms with van der Waals surface area (Å²) in [5.74, 6) is 0. The van der Waals surface area contributed by atoms with Crippen LogP contribution >= 0.6 is 15.6 Å². The molecule has 0 heterocycles. The summed E-state index contributed by atoms with van der Waals surface area (Å²) >= 11 is 0. The van der Waals surface area contributed by atoms with E-state index >= 15 is 0 Å². The SMILES string of the molecule is O=P(O)(O)O.O=P(O)(O)O.OCC=CCO. The number of hydrogen-bond acceptors (Lipinski definition) is 4. The smallest absolute Gasteiger partial charge is 0.392 e. The molecular formula is C4H14O10P2. The van der Waals surface area contributed by atoms with Gasteiger partial charge in [-0.1, -0.05) is 12.2 Å². The van der Waals surface area contributed by atoms with Crippen molar-refractivity contribution in [1.82, 2.24) is 0 Å². The Kier molecular flexibility index (Phi) is 15.1. The number of aliphatic hydroxyl groups is 2. The minimum absolute atomic E-state index is 0.0144. The van der Waals surface area contributed by atoms with Gasteiger partial charge >= 0.3 is 15.6 Å². The Morgan fingerprint density at radius 2 is 0.812 bits per heavy atom. The van der Waals surface area contributed by atoms with Gasteiger partial charge in [0.05, 0.1) is 13.2 Å². The lowest BCUT2D eigenvalue weighted by Gasteiger charge is -1.82. The predicted octanol–water partition coefficient (Wildman–Crippen LogP) is -2.33. The molecule has 0 unspecified atom stereocenters. The molecule has 0 saturated heterocycles. The van der Waals surface area contributed by atoms with Crippen LogP contribution in [0.4, 0.5) is 0 Å². The second-order valence-electron chi connectivity index (χ2n) is 1.86. The first kappa shape index (κ1) is 21.2. The van der Waals surface area contributed by atoms with Gasteiger partial charge in [0.25, 0.3) is 0 Å². The summed E-state index contributed by atoms with van der Waals surface area (Å²) in [4.78, 5) is 43.1. The van der Waals surface area contributed by atoms with Crippen LogP contribution in [0.25, 0.3) is 0 Å². The van der Waals surface area contributed by atoms with E-state index in [1.54, 1.807) is 0 Å². The molecule has 0 saturated carbocycles. The van der Waals surface area contributed by atoms with Crippen molar-refractivity contribution in [2.24, 2.45) is 0 Å². The van der Waals surface area contributed by atoms with Crippen LogP contribution in [0.3, 0.4) is 0 Å². The van der Waals surface area contributed by atoms with Gasteiger partial charge < -0.3 is 39.6 Å². The van der Waals surface area contributed by atoms with Crippen LogP contribution in [0, 0.1) is 0 Å². The molecule has 0 rings (SSSR count). The van der Waals surface area contributed by atoms with Gasteiger partial charge in [-0.2, -0.15) is 0 Å². The molecule has 0 bridgehead atoms. The zero-order chi connectivity index (χ0) is 13.8. The Morgan fingerprint density at radius 1 is 0.688 bits per heavy atom. The second-order valence-corrected chi connectivity index (χ2v) is 3.92. The Bertz CT molecular complexity index is 207. The van der Waals surface area contributed by atoms with E-state index < -0.39 is 15.6 Å². The molecule has 0 aromatic carbocycles. The van der Waals surface area contributed by atoms with Gasteiger partial charge in [0.1, 0.15) is 0 Å². The van der Waals surface area contributed by atoms with Crippen LogP contribution in [0.1, 0.15) is 0 Å². The topological polar surface area (TPSA) is 196 Å². The maximum Gasteiger partial charge on any atom is 0.466 e. The molecule has 0 aliphatic rings. The molecule has 0 fully saturated rings. The highest BCUT2D eigenvalue weighted by molar-refractivity contribution is 7.45. The van der Waals surface area contributed by atoms with Gasteiger partial charge in [-0.15, -0.1) is 0 Å². The van der Waals surface area contributed by atoms with E-state index in [1.165, 1.54) is 12.2 Å². The molecule has 0 radical (unpaired) electrons. The number of hydrogen-bond donors (Lipinski definition) is 8. The molecule has 0 spiro atoms. The van der Waals surface area contributed by atoms with Crippen molar-refractivity contribution < 1.29 is 48.7 Å². The lowest BCUT2D eigenvalue weighted by atomic mass is 10.5. The standard InChI is InChI=1S/C4H8O2.2H3O4P/c5-3-1-2-4-6;2*1-5(2,3)4/h1-2,5-6H,3-4H2;2*(H3,1,2,3,4). The Labute approximate surface area is 90.6 Å². The molecule has 0 amide bonds. The normalized spacial score (nSPS) is 11.2. The summed E-state index contributed by atoms with van der Waals surface area (Å²) in [6.45, 7) is 0.0289. The maximum absolute atomic E-state index is 8.88. The lowest BCUT2D eigenvalue weighted by molar-refractivity contribution is 0.272. The third kappa shape index (κ3) is 278. The number of aliphatic hydroxyl groups excluding tert-OH is 2. The maximum atomic E-state index is 8.88. The molecule has 10 nitrogen and oxygen atoms in total. The van der Waals surface area contributed by atoms with Crippen LogP contribution in [0.15, 0.2) is 12.2 Å². The summed E-state index contributed by atoms with van der Waals surface area (Å²) in [5.41, 5.74) is 0. The van der Waals surface area contributed by atoms with Crippen LogP contribution in [0.5, 0.6) is 0 Å². The minimum atomic E-state index is -4.64. The first-order valence-corrected chi connectivity index (χ1v) is 6.48. The number of phosphoric acid groups is 2. The largest absolute Gasteiger partial charge is 0.466 e. The zero-order valence-electron chi connectivity index (χ0n) is 7.86. The fourth-order valence-corrected chi connectivity index (χ4v) is 0.149. The summed E-state index contributed by atoms with van der Waals surface area (Å²) in [7, 11) is -9.28. The van der Waals surface area contributed by atoms with Crippen molar-refractivity contribution in [2.75, 3.05) is 13.2 Å². The molecule has 8 N–H and O–H groups in total. The van der Waals surface area contributed by atoms with E-state index in [2.05, 4.69) is 0 Å². The third-order valence-corrected chi connectivity index (χ3v) is 0.377. The van der Waals surface area contributed by atoms with E-state index in [0.717, 1.165) is 0 Å². The van der Waals surface area contributed by atoms with Gasteiger partial charge in [-0.25, -0.2) is 9.13 Å². The van der Waals surface area contributed by atoms with E-state index in [0.29, 0.717) is 0 Å². The highest BCUT2D eigenvalue weighted by atomic mass is 31.2. The van der Waals surface area contributed by atoms with E-state index in [4.69, 9.17) is 48.7 Å². The first-order valence-electron chi connectivity index (χ1n) is 3.35. The Balaban J connectivity index is -0.000000160. The van der Waals surface area contributed by atoms with Crippen LogP contribution in [-0.4, -0.2) is 52.8 Å². The van der Waals surface area contributed by atoms with Gasteiger partial charge in [0.15, 0.2) is 0 Å². The summed E-state index contributed by atoms with van der Waals surface area (Å²) in [6.07, 6.45) is 2.97. The van der Waals surface area contributed by atoms with E-state index in [9.17, 15) is 0 Å². The number of rotatable bonds is 2. The van der Waals surface area contributed by atoms with E-state index in [1.807, 2.05) is 0 Å². The van der Waals surface area contributed by atoms with Gasteiger partial charge in [0.2, 0.25) is 0 Å². The van der Waals surface area contributed by atoms with Crippen molar-refractivity contribution >= 4 is 15.6 Å². The average molecular weight is 284 g/mol. The fraction of sp³-hybridized carbons (Fsp3) is 0.500. The Hall–Kier alpha value is -0.120. The van der Waals surface area contributed by atoms with Gasteiger partial charge in [0, 0.05) is 0 Å². The highest BCUT2D eigenvalue weighted by Crippen LogP contribution is 2.26. The molecule has 16 heavy (non-hydrogen) atoms. The quantitative estimate of drug-likeness (QED) is 0.201. The molecule has 100 valence electrons. The highest BCUT2D eigenvalue weighted by Gasteiger charge is 2.00. The van der Waals surface area contributed by atoms with Gasteiger partial charge in [-0.3, -0.25) is 0 Å². The van der Waals surface area contributed by atoms with Crippen molar-refractivity contribution in [3.8, 4) is 0 Å². The van der Waals surface area contributed by atoms with Crippen LogP contribution in [0.2, 0.25) is 0 Å². The monoisotopic (exact) mass is 284 g/mol. The minimum Gasteiger partial charge on any atom is -0.392 e. The summed E-state index contributed by atoms with van der Waals surface area (Å²) < 4.78 is 17.8. The van der Waals surface area contributed by atoms with Crippen LogP contribution in [-0.2, 0) is 9.13 Å². The average Bonchev–Trinajstić information content (AvgIpc) is 1.94. The summed E-state index contributed by atoms with van der Waals surface area (Å²) in [6, 6.07) is 0. The second kappa shape index (κ2) is 11.4. The summed E-state index contributed by atoms with van der Waals surface area (Å²) in [5, 5.41) is 16.0. The van der Waals surface area contributed by atoms with Crippen molar-refractivity contribution in [3.05, 3.63) is 12.2 Å². The van der Waals surface area contributed by atoms with Crippen LogP contribution < -0.4 is 0 Å². The lowest BCUT2D eigenvalue weighted by Crippen LogP contribution is -1.74. The molecule has 0 atom stereocenters. The first-order chi connectivity index (χ1) is 6.91. The van der Waals surface area contributed by atoms with Crippen molar-refractivity contribution in [3.63, 3.8) is 0 Å². The molecule has 0 aliphatic heterocycles. The molecule has 0 aromatic rings. The van der Waals surface area contributed by atoms with Gasteiger partial charge in [-0.05, 0) is 0 Å². The molecule has 12 heteroatoms. The predicted molar refractivity (Wildman–Crippen MR) is 51.8 cm³/mol. The molecule has 0 aromatic heterocycles. The fourth-order valence-electron chi connectivity index (χ4n) is 0.149. The van der Waals surface area contributed by atoms with Crippen molar-refractivity contribution in [1.29, 1.82) is 0 Å². The Morgan fingerprint density at radius 3 is 0.875 bits per heavy atom. The third-order valence-electron chi connectivity index (χ3n) is 0.377. The van der Waals surface area contributed by atoms with Crippen molar-refractivity contribution in [2.45, 2.75) is 0 Å². The molecular weight excluding hydrogens is 270 g/mol. The zero-order valence-corrected chi connectivity index (χ0v) is 9.65.